The first kappa shape index (κ1) is 15.2. The lowest BCUT2D eigenvalue weighted by molar-refractivity contribution is -0.147. The van der Waals surface area contributed by atoms with Crippen LogP contribution in [0.2, 0.25) is 0 Å². The fourth-order valence-corrected chi connectivity index (χ4v) is 2.53. The lowest BCUT2D eigenvalue weighted by Crippen LogP contribution is -2.35. The number of aliphatic carboxylic acids is 1. The Bertz CT molecular complexity index is 571. The minimum Gasteiger partial charge on any atom is -0.493 e. The maximum atomic E-state index is 12.6. The van der Waals surface area contributed by atoms with E-state index in [1.807, 2.05) is 0 Å². The monoisotopic (exact) mass is 293 g/mol. The minimum atomic E-state index is -0.887. The van der Waals surface area contributed by atoms with Crippen LogP contribution in [0.5, 0.6) is 11.5 Å². The van der Waals surface area contributed by atoms with Gasteiger partial charge in [0, 0.05) is 13.1 Å². The molecule has 0 unspecified atom stereocenters. The van der Waals surface area contributed by atoms with Crippen LogP contribution in [-0.2, 0) is 4.79 Å². The van der Waals surface area contributed by atoms with E-state index in [0.717, 1.165) is 0 Å². The maximum absolute atomic E-state index is 12.6. The molecule has 1 amide bonds. The quantitative estimate of drug-likeness (QED) is 0.913. The molecule has 0 aliphatic carbocycles. The molecular weight excluding hydrogens is 274 g/mol. The molecule has 6 heteroatoms. The summed E-state index contributed by atoms with van der Waals surface area (Å²) in [6.45, 7) is 2.27. The first-order valence-corrected chi connectivity index (χ1v) is 6.66. The number of amides is 1. The number of hydrogen-bond acceptors (Lipinski definition) is 4. The normalized spacial score (nSPS) is 21.2. The summed E-state index contributed by atoms with van der Waals surface area (Å²) in [5.41, 5.74) is -0.506. The summed E-state index contributed by atoms with van der Waals surface area (Å²) in [4.78, 5) is 25.4. The zero-order chi connectivity index (χ0) is 15.6. The maximum Gasteiger partial charge on any atom is 0.311 e. The standard InChI is InChI=1S/C15H19NO5/c1-15(14(18)19)7-8-16(9-15)13(17)10-5-4-6-11(20-2)12(10)21-3/h4-6H,7-9H2,1-3H3,(H,18,19)/t15-/m1/s1. The number of carbonyl (C=O) groups is 2. The van der Waals surface area contributed by atoms with E-state index in [1.54, 1.807) is 30.0 Å². The van der Waals surface area contributed by atoms with Gasteiger partial charge in [0.1, 0.15) is 0 Å². The average molecular weight is 293 g/mol. The van der Waals surface area contributed by atoms with E-state index in [0.29, 0.717) is 30.0 Å². The number of carbonyl (C=O) groups excluding carboxylic acids is 1. The number of para-hydroxylation sites is 1. The third kappa shape index (κ3) is 2.66. The fourth-order valence-electron chi connectivity index (χ4n) is 2.53. The molecule has 114 valence electrons. The summed E-state index contributed by atoms with van der Waals surface area (Å²) in [6, 6.07) is 5.07. The van der Waals surface area contributed by atoms with E-state index in [-0.39, 0.29) is 12.5 Å². The highest BCUT2D eigenvalue weighted by molar-refractivity contribution is 5.98. The van der Waals surface area contributed by atoms with Gasteiger partial charge in [0.05, 0.1) is 25.2 Å². The molecule has 0 radical (unpaired) electrons. The molecule has 1 N–H and O–H groups in total. The average Bonchev–Trinajstić information content (AvgIpc) is 2.89. The molecule has 1 aromatic carbocycles. The number of carboxylic acids is 1. The summed E-state index contributed by atoms with van der Waals surface area (Å²) in [5, 5.41) is 9.24. The van der Waals surface area contributed by atoms with Crippen molar-refractivity contribution in [1.29, 1.82) is 0 Å². The molecule has 1 aliphatic rings. The van der Waals surface area contributed by atoms with Gasteiger partial charge in [0.2, 0.25) is 0 Å². The molecule has 6 nitrogen and oxygen atoms in total. The third-order valence-electron chi connectivity index (χ3n) is 3.91. The largest absolute Gasteiger partial charge is 0.493 e. The Morgan fingerprint density at radius 1 is 1.29 bits per heavy atom. The molecule has 1 fully saturated rings. The molecule has 1 aliphatic heterocycles. The number of rotatable bonds is 4. The Morgan fingerprint density at radius 2 is 2.00 bits per heavy atom. The molecule has 21 heavy (non-hydrogen) atoms. The Labute approximate surface area is 123 Å². The van der Waals surface area contributed by atoms with Crippen LogP contribution in [0.1, 0.15) is 23.7 Å². The van der Waals surface area contributed by atoms with Crippen molar-refractivity contribution in [2.45, 2.75) is 13.3 Å². The topological polar surface area (TPSA) is 76.1 Å². The Hall–Kier alpha value is -2.24. The van der Waals surface area contributed by atoms with Crippen LogP contribution in [0, 0.1) is 5.41 Å². The predicted molar refractivity (Wildman–Crippen MR) is 75.8 cm³/mol. The van der Waals surface area contributed by atoms with E-state index in [4.69, 9.17) is 9.47 Å². The molecule has 1 heterocycles. The van der Waals surface area contributed by atoms with E-state index >= 15 is 0 Å². The third-order valence-corrected chi connectivity index (χ3v) is 3.91. The number of carboxylic acid groups (broad SMARTS) is 1. The van der Waals surface area contributed by atoms with Gasteiger partial charge in [0.25, 0.3) is 5.91 Å². The molecule has 2 rings (SSSR count). The number of nitrogens with zero attached hydrogens (tertiary/aromatic N) is 1. The van der Waals surface area contributed by atoms with E-state index in [2.05, 4.69) is 0 Å². The summed E-state index contributed by atoms with van der Waals surface area (Å²) in [6.07, 6.45) is 0.445. The van der Waals surface area contributed by atoms with Crippen LogP contribution < -0.4 is 9.47 Å². The number of likely N-dealkylation sites (tertiary alicyclic amines) is 1. The van der Waals surface area contributed by atoms with Crippen molar-refractivity contribution in [3.8, 4) is 11.5 Å². The lowest BCUT2D eigenvalue weighted by atomic mass is 9.90. The molecule has 0 spiro atoms. The lowest BCUT2D eigenvalue weighted by Gasteiger charge is -2.21. The number of benzene rings is 1. The van der Waals surface area contributed by atoms with Gasteiger partial charge < -0.3 is 19.5 Å². The van der Waals surface area contributed by atoms with Crippen LogP contribution in [-0.4, -0.2) is 49.2 Å². The van der Waals surface area contributed by atoms with Crippen molar-refractivity contribution in [3.05, 3.63) is 23.8 Å². The number of ether oxygens (including phenoxy) is 2. The summed E-state index contributed by atoms with van der Waals surface area (Å²) >= 11 is 0. The molecule has 0 aromatic heterocycles. The second-order valence-corrected chi connectivity index (χ2v) is 5.38. The molecule has 1 atom stereocenters. The Balaban J connectivity index is 2.28. The summed E-state index contributed by atoms with van der Waals surface area (Å²) in [7, 11) is 2.98. The highest BCUT2D eigenvalue weighted by Crippen LogP contribution is 2.35. The van der Waals surface area contributed by atoms with Crippen molar-refractivity contribution in [3.63, 3.8) is 0 Å². The first-order valence-electron chi connectivity index (χ1n) is 6.66. The first-order chi connectivity index (χ1) is 9.92. The molecule has 1 aromatic rings. The van der Waals surface area contributed by atoms with Gasteiger partial charge >= 0.3 is 5.97 Å². The van der Waals surface area contributed by atoms with Gasteiger partial charge in [-0.2, -0.15) is 0 Å². The van der Waals surface area contributed by atoms with Gasteiger partial charge in [-0.15, -0.1) is 0 Å². The van der Waals surface area contributed by atoms with Crippen molar-refractivity contribution < 1.29 is 24.2 Å². The fraction of sp³-hybridized carbons (Fsp3) is 0.467. The predicted octanol–water partition coefficient (Wildman–Crippen LogP) is 1.64. The van der Waals surface area contributed by atoms with Crippen molar-refractivity contribution >= 4 is 11.9 Å². The zero-order valence-corrected chi connectivity index (χ0v) is 12.4. The molecular formula is C15H19NO5. The zero-order valence-electron chi connectivity index (χ0n) is 12.4. The Morgan fingerprint density at radius 3 is 2.52 bits per heavy atom. The van der Waals surface area contributed by atoms with E-state index in [1.165, 1.54) is 14.2 Å². The highest BCUT2D eigenvalue weighted by Gasteiger charge is 2.42. The van der Waals surface area contributed by atoms with Crippen LogP contribution in [0.25, 0.3) is 0 Å². The Kier molecular flexibility index (Phi) is 4.06. The summed E-state index contributed by atoms with van der Waals surface area (Å²) < 4.78 is 10.4. The summed E-state index contributed by atoms with van der Waals surface area (Å²) in [5.74, 6) is -0.274. The van der Waals surface area contributed by atoms with Crippen molar-refractivity contribution in [1.82, 2.24) is 4.90 Å². The smallest absolute Gasteiger partial charge is 0.311 e. The van der Waals surface area contributed by atoms with Gasteiger partial charge in [-0.25, -0.2) is 0 Å². The van der Waals surface area contributed by atoms with Crippen LogP contribution in [0.3, 0.4) is 0 Å². The second-order valence-electron chi connectivity index (χ2n) is 5.38. The van der Waals surface area contributed by atoms with Crippen LogP contribution in [0.4, 0.5) is 0 Å². The second kappa shape index (κ2) is 5.63. The minimum absolute atomic E-state index is 0.196. The number of hydrogen-bond donors (Lipinski definition) is 1. The van der Waals surface area contributed by atoms with E-state index < -0.39 is 11.4 Å². The van der Waals surface area contributed by atoms with Gasteiger partial charge in [0.15, 0.2) is 11.5 Å². The van der Waals surface area contributed by atoms with Crippen LogP contribution >= 0.6 is 0 Å². The highest BCUT2D eigenvalue weighted by atomic mass is 16.5. The van der Waals surface area contributed by atoms with Crippen LogP contribution in [0.15, 0.2) is 18.2 Å². The SMILES string of the molecule is COc1cccc(C(=O)N2CC[C@@](C)(C(=O)O)C2)c1OC. The van der Waals surface area contributed by atoms with Gasteiger partial charge in [-0.3, -0.25) is 9.59 Å². The molecule has 0 bridgehead atoms. The molecule has 0 saturated carbocycles. The van der Waals surface area contributed by atoms with Crippen molar-refractivity contribution in [2.75, 3.05) is 27.3 Å². The van der Waals surface area contributed by atoms with E-state index in [9.17, 15) is 14.7 Å². The van der Waals surface area contributed by atoms with Gasteiger partial charge in [-0.05, 0) is 25.5 Å². The van der Waals surface area contributed by atoms with Gasteiger partial charge in [-0.1, -0.05) is 6.07 Å². The number of methoxy groups -OCH3 is 2. The van der Waals surface area contributed by atoms with Crippen molar-refractivity contribution in [2.24, 2.45) is 5.41 Å². The molecule has 1 saturated heterocycles.